The van der Waals surface area contributed by atoms with Gasteiger partial charge in [0, 0.05) is 20.6 Å². The maximum absolute atomic E-state index is 12.8. The van der Waals surface area contributed by atoms with E-state index in [1.54, 1.807) is 23.9 Å². The average molecular weight is 267 g/mol. The lowest BCUT2D eigenvalue weighted by Crippen LogP contribution is -2.60. The van der Waals surface area contributed by atoms with E-state index in [1.165, 1.54) is 0 Å². The Morgan fingerprint density at radius 2 is 2.00 bits per heavy atom. The monoisotopic (exact) mass is 267 g/mol. The second-order valence-corrected chi connectivity index (χ2v) is 6.11. The van der Waals surface area contributed by atoms with E-state index in [-0.39, 0.29) is 17.9 Å². The third-order valence-electron chi connectivity index (χ3n) is 4.33. The van der Waals surface area contributed by atoms with Gasteiger partial charge in [0.05, 0.1) is 5.54 Å². The van der Waals surface area contributed by atoms with Crippen LogP contribution in [0.4, 0.5) is 0 Å². The van der Waals surface area contributed by atoms with Gasteiger partial charge in [0.15, 0.2) is 0 Å². The summed E-state index contributed by atoms with van der Waals surface area (Å²) >= 11 is 0. The molecule has 2 unspecified atom stereocenters. The van der Waals surface area contributed by atoms with E-state index >= 15 is 0 Å². The molecule has 0 aromatic carbocycles. The highest BCUT2D eigenvalue weighted by Gasteiger charge is 2.43. The van der Waals surface area contributed by atoms with E-state index in [4.69, 9.17) is 0 Å². The number of rotatable bonds is 2. The normalized spacial score (nSPS) is 31.3. The van der Waals surface area contributed by atoms with Gasteiger partial charge in [-0.3, -0.25) is 9.59 Å². The number of hydrogen-bond acceptors (Lipinski definition) is 3. The van der Waals surface area contributed by atoms with Gasteiger partial charge in [-0.25, -0.2) is 0 Å². The van der Waals surface area contributed by atoms with Crippen LogP contribution in [0.5, 0.6) is 0 Å². The highest BCUT2D eigenvalue weighted by Crippen LogP contribution is 2.27. The van der Waals surface area contributed by atoms with Crippen molar-refractivity contribution in [1.29, 1.82) is 0 Å². The quantitative estimate of drug-likeness (QED) is 0.797. The Bertz CT molecular complexity index is 362. The van der Waals surface area contributed by atoms with E-state index in [2.05, 4.69) is 5.32 Å². The molecule has 2 saturated heterocycles. The SMILES string of the molecule is CN(C)C(=O)C1CCCN1C(=O)C1(C)CCCCN1. The minimum absolute atomic E-state index is 0.0465. The number of likely N-dealkylation sites (N-methyl/N-ethyl adjacent to an activating group) is 1. The molecule has 5 nitrogen and oxygen atoms in total. The van der Waals surface area contributed by atoms with Crippen molar-refractivity contribution in [2.24, 2.45) is 0 Å². The molecule has 0 aromatic rings. The maximum atomic E-state index is 12.8. The summed E-state index contributed by atoms with van der Waals surface area (Å²) in [6.45, 7) is 3.58. The summed E-state index contributed by atoms with van der Waals surface area (Å²) in [7, 11) is 3.51. The van der Waals surface area contributed by atoms with Crippen molar-refractivity contribution >= 4 is 11.8 Å². The standard InChI is InChI=1S/C14H25N3O2/c1-14(8-4-5-9-15-14)13(19)17-10-6-7-11(17)12(18)16(2)3/h11,15H,4-10H2,1-3H3. The van der Waals surface area contributed by atoms with Crippen molar-refractivity contribution in [3.63, 3.8) is 0 Å². The molecular formula is C14H25N3O2. The molecule has 0 radical (unpaired) electrons. The van der Waals surface area contributed by atoms with Crippen molar-refractivity contribution in [2.75, 3.05) is 27.2 Å². The van der Waals surface area contributed by atoms with E-state index in [9.17, 15) is 9.59 Å². The Morgan fingerprint density at radius 1 is 1.26 bits per heavy atom. The van der Waals surface area contributed by atoms with Gasteiger partial charge in [0.2, 0.25) is 11.8 Å². The number of nitrogens with one attached hydrogen (secondary N) is 1. The highest BCUT2D eigenvalue weighted by atomic mass is 16.2. The van der Waals surface area contributed by atoms with Crippen molar-refractivity contribution in [2.45, 2.75) is 50.6 Å². The smallest absolute Gasteiger partial charge is 0.244 e. The zero-order valence-corrected chi connectivity index (χ0v) is 12.2. The van der Waals surface area contributed by atoms with Crippen LogP contribution in [0.3, 0.4) is 0 Å². The Morgan fingerprint density at radius 3 is 2.58 bits per heavy atom. The molecule has 0 saturated carbocycles. The molecule has 0 aromatic heterocycles. The van der Waals surface area contributed by atoms with Crippen LogP contribution in [0.15, 0.2) is 0 Å². The molecule has 5 heteroatoms. The molecular weight excluding hydrogens is 242 g/mol. The Balaban J connectivity index is 2.11. The van der Waals surface area contributed by atoms with Crippen molar-refractivity contribution in [3.05, 3.63) is 0 Å². The van der Waals surface area contributed by atoms with Gasteiger partial charge < -0.3 is 15.1 Å². The molecule has 0 spiro atoms. The average Bonchev–Trinajstić information content (AvgIpc) is 2.86. The molecule has 0 bridgehead atoms. The number of carbonyl (C=O) groups excluding carboxylic acids is 2. The Hall–Kier alpha value is -1.10. The summed E-state index contributed by atoms with van der Waals surface area (Å²) in [6.07, 6.45) is 4.79. The number of amides is 2. The predicted octanol–water partition coefficient (Wildman–Crippen LogP) is 0.598. The van der Waals surface area contributed by atoms with Gasteiger partial charge in [-0.1, -0.05) is 0 Å². The molecule has 2 atom stereocenters. The second kappa shape index (κ2) is 5.49. The van der Waals surface area contributed by atoms with Crippen molar-refractivity contribution in [1.82, 2.24) is 15.1 Å². The van der Waals surface area contributed by atoms with Crippen LogP contribution in [-0.4, -0.2) is 60.4 Å². The Labute approximate surface area is 115 Å². The maximum Gasteiger partial charge on any atom is 0.244 e. The van der Waals surface area contributed by atoms with E-state index in [1.807, 2.05) is 6.92 Å². The van der Waals surface area contributed by atoms with E-state index < -0.39 is 5.54 Å². The predicted molar refractivity (Wildman–Crippen MR) is 73.7 cm³/mol. The topological polar surface area (TPSA) is 52.7 Å². The summed E-state index contributed by atoms with van der Waals surface area (Å²) in [5.41, 5.74) is -0.479. The minimum atomic E-state index is -0.479. The van der Waals surface area contributed by atoms with E-state index in [0.717, 1.165) is 38.6 Å². The highest BCUT2D eigenvalue weighted by molar-refractivity contribution is 5.92. The first-order valence-corrected chi connectivity index (χ1v) is 7.23. The molecule has 2 rings (SSSR count). The Kier molecular flexibility index (Phi) is 4.13. The third kappa shape index (κ3) is 2.76. The summed E-state index contributed by atoms with van der Waals surface area (Å²) < 4.78 is 0. The zero-order chi connectivity index (χ0) is 14.0. The fourth-order valence-electron chi connectivity index (χ4n) is 3.12. The lowest BCUT2D eigenvalue weighted by molar-refractivity contribution is -0.146. The van der Waals surface area contributed by atoms with Crippen LogP contribution in [0, 0.1) is 0 Å². The zero-order valence-electron chi connectivity index (χ0n) is 12.2. The van der Waals surface area contributed by atoms with Crippen LogP contribution in [0.2, 0.25) is 0 Å². The molecule has 2 aliphatic heterocycles. The van der Waals surface area contributed by atoms with Crippen LogP contribution < -0.4 is 5.32 Å². The molecule has 2 heterocycles. The van der Waals surface area contributed by atoms with Crippen LogP contribution >= 0.6 is 0 Å². The van der Waals surface area contributed by atoms with Gasteiger partial charge >= 0.3 is 0 Å². The summed E-state index contributed by atoms with van der Waals surface area (Å²) in [5.74, 6) is 0.148. The lowest BCUT2D eigenvalue weighted by atomic mass is 9.89. The number of piperidine rings is 1. The third-order valence-corrected chi connectivity index (χ3v) is 4.33. The lowest BCUT2D eigenvalue weighted by Gasteiger charge is -2.38. The van der Waals surface area contributed by atoms with Crippen LogP contribution in [-0.2, 0) is 9.59 Å². The largest absolute Gasteiger partial charge is 0.347 e. The molecule has 2 aliphatic rings. The van der Waals surface area contributed by atoms with Crippen LogP contribution in [0.1, 0.15) is 39.0 Å². The summed E-state index contributed by atoms with van der Waals surface area (Å²) in [6, 6.07) is -0.261. The van der Waals surface area contributed by atoms with Gasteiger partial charge in [-0.2, -0.15) is 0 Å². The van der Waals surface area contributed by atoms with Crippen LogP contribution in [0.25, 0.3) is 0 Å². The molecule has 2 amide bonds. The first-order chi connectivity index (χ1) is 8.96. The molecule has 1 N–H and O–H groups in total. The van der Waals surface area contributed by atoms with Crippen molar-refractivity contribution < 1.29 is 9.59 Å². The summed E-state index contributed by atoms with van der Waals surface area (Å²) in [5, 5.41) is 3.34. The fraction of sp³-hybridized carbons (Fsp3) is 0.857. The van der Waals surface area contributed by atoms with Gasteiger partial charge in [0.25, 0.3) is 0 Å². The minimum Gasteiger partial charge on any atom is -0.347 e. The van der Waals surface area contributed by atoms with Crippen molar-refractivity contribution in [3.8, 4) is 0 Å². The van der Waals surface area contributed by atoms with Gasteiger partial charge in [0.1, 0.15) is 6.04 Å². The molecule has 19 heavy (non-hydrogen) atoms. The first-order valence-electron chi connectivity index (χ1n) is 7.23. The number of hydrogen-bond donors (Lipinski definition) is 1. The number of likely N-dealkylation sites (tertiary alicyclic amines) is 1. The first kappa shape index (κ1) is 14.3. The number of carbonyl (C=O) groups is 2. The second-order valence-electron chi connectivity index (χ2n) is 6.11. The molecule has 2 fully saturated rings. The van der Waals surface area contributed by atoms with Gasteiger partial charge in [-0.05, 0) is 45.6 Å². The van der Waals surface area contributed by atoms with Gasteiger partial charge in [-0.15, -0.1) is 0 Å². The summed E-state index contributed by atoms with van der Waals surface area (Å²) in [4.78, 5) is 28.3. The molecule has 0 aliphatic carbocycles. The number of nitrogens with zero attached hydrogens (tertiary/aromatic N) is 2. The van der Waals surface area contributed by atoms with E-state index in [0.29, 0.717) is 6.54 Å². The molecule has 108 valence electrons. The fourth-order valence-corrected chi connectivity index (χ4v) is 3.12.